The second-order valence-electron chi connectivity index (χ2n) is 19.5. The molecule has 6 heterocycles. The molecule has 2 fully saturated rings. The minimum Gasteiger partial charge on any atom is -0.393 e. The van der Waals surface area contributed by atoms with Crippen molar-refractivity contribution in [2.75, 3.05) is 6.61 Å². The van der Waals surface area contributed by atoms with E-state index in [0.29, 0.717) is 99.6 Å². The Balaban J connectivity index is 0.000000174. The molecule has 2 saturated carbocycles. The Morgan fingerprint density at radius 2 is 1.31 bits per heavy atom. The van der Waals surface area contributed by atoms with Crippen molar-refractivity contribution < 1.29 is 33.3 Å². The number of aromatic amines is 1. The Bertz CT molecular complexity index is 3180. The molecule has 2 atom stereocenters. The molecular formula is C48H56F2N12O5Si. The summed E-state index contributed by atoms with van der Waals surface area (Å²) in [4.78, 5) is 47.8. The van der Waals surface area contributed by atoms with Crippen molar-refractivity contribution in [2.45, 2.75) is 96.2 Å². The van der Waals surface area contributed by atoms with Gasteiger partial charge < -0.3 is 35.1 Å². The highest BCUT2D eigenvalue weighted by atomic mass is 28.3. The number of aliphatic hydroxyl groups excluding tert-OH is 2. The summed E-state index contributed by atoms with van der Waals surface area (Å²) in [5, 5.41) is 35.8. The molecule has 0 saturated heterocycles. The van der Waals surface area contributed by atoms with E-state index < -0.39 is 8.07 Å². The number of benzene rings is 2. The SMILES string of the molecule is CC(NC(=O)c1c[nH]c2ncc(-c3nn(C)c4cc(F)ccc34)nc12)C1CC(O)C1.CC(NC(=O)c1cn(COCC[Si](C)(C)C)c2ncc(-c3nn(C)c4cc(F)ccc34)nc12)C1CC(O)C1. The summed E-state index contributed by atoms with van der Waals surface area (Å²) in [7, 11) is 2.25. The third-order valence-electron chi connectivity index (χ3n) is 13.2. The first-order valence-corrected chi connectivity index (χ1v) is 26.6. The first-order valence-electron chi connectivity index (χ1n) is 22.9. The summed E-state index contributed by atoms with van der Waals surface area (Å²) in [6, 6.07) is 9.89. The van der Waals surface area contributed by atoms with E-state index in [4.69, 9.17) is 9.72 Å². The highest BCUT2D eigenvalue weighted by Gasteiger charge is 2.34. The summed E-state index contributed by atoms with van der Waals surface area (Å²) >= 11 is 0. The van der Waals surface area contributed by atoms with Crippen LogP contribution in [-0.4, -0.2) is 110 Å². The van der Waals surface area contributed by atoms with Gasteiger partial charge in [-0.15, -0.1) is 0 Å². The van der Waals surface area contributed by atoms with Gasteiger partial charge in [0.2, 0.25) is 0 Å². The van der Waals surface area contributed by atoms with Crippen LogP contribution < -0.4 is 10.6 Å². The van der Waals surface area contributed by atoms with Gasteiger partial charge in [-0.1, -0.05) is 19.6 Å². The van der Waals surface area contributed by atoms with Gasteiger partial charge in [0, 0.05) is 64.0 Å². The number of H-pyrrole nitrogens is 1. The largest absolute Gasteiger partial charge is 0.393 e. The summed E-state index contributed by atoms with van der Waals surface area (Å²) in [6.07, 6.45) is 8.78. The van der Waals surface area contributed by atoms with Crippen LogP contribution in [0.4, 0.5) is 8.78 Å². The van der Waals surface area contributed by atoms with E-state index in [-0.39, 0.29) is 66.3 Å². The topological polar surface area (TPSA) is 216 Å². The summed E-state index contributed by atoms with van der Waals surface area (Å²) in [5.74, 6) is -0.646. The Labute approximate surface area is 391 Å². The fraction of sp³-hybridized carbons (Fsp3) is 0.417. The molecule has 356 valence electrons. The first kappa shape index (κ1) is 46.6. The lowest BCUT2D eigenvalue weighted by Crippen LogP contribution is -2.45. The number of halogens is 2. The number of amides is 2. The molecule has 8 aromatic rings. The van der Waals surface area contributed by atoms with Crippen LogP contribution in [-0.2, 0) is 25.6 Å². The number of carbonyl (C=O) groups excluding carboxylic acids is 2. The molecule has 0 radical (unpaired) electrons. The molecule has 2 aliphatic rings. The number of ether oxygens (including phenoxy) is 1. The monoisotopic (exact) mass is 946 g/mol. The number of fused-ring (bicyclic) bond motifs is 4. The zero-order chi connectivity index (χ0) is 48.2. The first-order chi connectivity index (χ1) is 32.4. The van der Waals surface area contributed by atoms with Crippen molar-refractivity contribution in [2.24, 2.45) is 25.9 Å². The second kappa shape index (κ2) is 18.5. The average Bonchev–Trinajstić information content (AvgIpc) is 4.04. The molecule has 68 heavy (non-hydrogen) atoms. The number of carbonyl (C=O) groups is 2. The standard InChI is InChI=1S/C27H35FN6O3Si.C21H21FN6O2/c1-16(17-10-19(35)11-17)30-27(36)21-14-34(15-37-8-9-38(3,4)5)26-25(21)31-22(13-29-26)24-20-7-6-18(28)12-23(20)33(2)32-24;1-10(11-5-13(29)6-11)25-21(30)15-8-23-20-19(15)26-16(9-24-20)18-14-4-3-12(22)7-17(14)28(2)27-18/h6-7,12-14,16-17,19,35H,8-11,15H2,1-5H3,(H,30,36);3-4,7-11,13,29H,5-6H2,1-2H3,(H,23,24)(H,25,30). The van der Waals surface area contributed by atoms with Crippen LogP contribution in [0.15, 0.2) is 61.2 Å². The second-order valence-corrected chi connectivity index (χ2v) is 25.1. The quantitative estimate of drug-likeness (QED) is 0.0594. The van der Waals surface area contributed by atoms with Gasteiger partial charge in [-0.2, -0.15) is 10.2 Å². The van der Waals surface area contributed by atoms with Crippen LogP contribution in [0, 0.1) is 23.5 Å². The molecule has 6 aromatic heterocycles. The predicted octanol–water partition coefficient (Wildman–Crippen LogP) is 6.87. The van der Waals surface area contributed by atoms with Crippen LogP contribution in [0.3, 0.4) is 0 Å². The van der Waals surface area contributed by atoms with E-state index in [2.05, 4.69) is 60.4 Å². The number of nitrogens with one attached hydrogen (secondary N) is 3. The number of hydrogen-bond donors (Lipinski definition) is 5. The highest BCUT2D eigenvalue weighted by Crippen LogP contribution is 2.33. The van der Waals surface area contributed by atoms with E-state index in [0.717, 1.165) is 16.8 Å². The van der Waals surface area contributed by atoms with E-state index in [9.17, 15) is 28.6 Å². The van der Waals surface area contributed by atoms with Crippen molar-refractivity contribution in [1.82, 2.24) is 59.7 Å². The lowest BCUT2D eigenvalue weighted by Gasteiger charge is -2.36. The zero-order valence-electron chi connectivity index (χ0n) is 39.1. The number of aliphatic hydroxyl groups is 2. The fourth-order valence-corrected chi connectivity index (χ4v) is 9.63. The Morgan fingerprint density at radius 1 is 0.794 bits per heavy atom. The fourth-order valence-electron chi connectivity index (χ4n) is 8.87. The number of aromatic nitrogens is 10. The molecule has 2 amide bonds. The number of aryl methyl sites for hydroxylation is 2. The number of hydrogen-bond acceptors (Lipinski definition) is 11. The Hall–Kier alpha value is -6.48. The van der Waals surface area contributed by atoms with Gasteiger partial charge in [-0.3, -0.25) is 19.0 Å². The van der Waals surface area contributed by atoms with Crippen LogP contribution >= 0.6 is 0 Å². The molecular weight excluding hydrogens is 891 g/mol. The Kier molecular flexibility index (Phi) is 12.7. The van der Waals surface area contributed by atoms with Gasteiger partial charge in [-0.25, -0.2) is 28.7 Å². The van der Waals surface area contributed by atoms with Crippen molar-refractivity contribution in [3.05, 3.63) is 83.9 Å². The predicted molar refractivity (Wildman–Crippen MR) is 256 cm³/mol. The van der Waals surface area contributed by atoms with Crippen molar-refractivity contribution in [3.63, 3.8) is 0 Å². The molecule has 17 nitrogen and oxygen atoms in total. The lowest BCUT2D eigenvalue weighted by molar-refractivity contribution is 0.0269. The van der Waals surface area contributed by atoms with Gasteiger partial charge in [0.05, 0.1) is 46.8 Å². The number of nitrogens with zero attached hydrogens (tertiary/aromatic N) is 9. The maximum absolute atomic E-state index is 13.8. The zero-order valence-corrected chi connectivity index (χ0v) is 40.1. The Morgan fingerprint density at radius 3 is 1.84 bits per heavy atom. The van der Waals surface area contributed by atoms with Gasteiger partial charge in [0.25, 0.3) is 11.8 Å². The van der Waals surface area contributed by atoms with Gasteiger partial charge in [0.1, 0.15) is 52.2 Å². The third kappa shape index (κ3) is 9.49. The molecule has 5 N–H and O–H groups in total. The molecule has 0 spiro atoms. The molecule has 0 bridgehead atoms. The van der Waals surface area contributed by atoms with Crippen molar-refractivity contribution in [3.8, 4) is 22.8 Å². The maximum Gasteiger partial charge on any atom is 0.255 e. The molecule has 20 heteroatoms. The van der Waals surface area contributed by atoms with E-state index >= 15 is 0 Å². The van der Waals surface area contributed by atoms with Gasteiger partial charge in [0.15, 0.2) is 11.3 Å². The molecule has 2 aromatic carbocycles. The minimum atomic E-state index is -1.24. The summed E-state index contributed by atoms with van der Waals surface area (Å²) in [5.41, 5.74) is 6.19. The summed E-state index contributed by atoms with van der Waals surface area (Å²) < 4.78 is 38.4. The van der Waals surface area contributed by atoms with Gasteiger partial charge in [-0.05, 0) is 93.8 Å². The minimum absolute atomic E-state index is 0.0448. The molecule has 2 unspecified atom stereocenters. The maximum atomic E-state index is 13.8. The smallest absolute Gasteiger partial charge is 0.255 e. The van der Waals surface area contributed by atoms with E-state index in [1.54, 1.807) is 60.4 Å². The summed E-state index contributed by atoms with van der Waals surface area (Å²) in [6.45, 7) is 11.7. The lowest BCUT2D eigenvalue weighted by atomic mass is 9.78. The molecule has 0 aliphatic heterocycles. The molecule has 2 aliphatic carbocycles. The third-order valence-corrected chi connectivity index (χ3v) is 14.9. The molecule has 10 rings (SSSR count). The average molecular weight is 947 g/mol. The highest BCUT2D eigenvalue weighted by molar-refractivity contribution is 6.76. The van der Waals surface area contributed by atoms with Gasteiger partial charge >= 0.3 is 0 Å². The van der Waals surface area contributed by atoms with E-state index in [1.165, 1.54) is 24.3 Å². The van der Waals surface area contributed by atoms with Crippen LogP contribution in [0.1, 0.15) is 60.2 Å². The number of rotatable bonds is 13. The van der Waals surface area contributed by atoms with Crippen LogP contribution in [0.2, 0.25) is 25.7 Å². The van der Waals surface area contributed by atoms with Crippen molar-refractivity contribution in [1.29, 1.82) is 0 Å². The van der Waals surface area contributed by atoms with Crippen LogP contribution in [0.25, 0.3) is 66.9 Å². The van der Waals surface area contributed by atoms with E-state index in [1.807, 2.05) is 18.4 Å². The van der Waals surface area contributed by atoms with Crippen LogP contribution in [0.5, 0.6) is 0 Å². The normalized spacial score (nSPS) is 19.1. The van der Waals surface area contributed by atoms with Crippen molar-refractivity contribution >= 4 is 64.0 Å².